The molecule has 2 aromatic carbocycles. The maximum absolute atomic E-state index is 12.0. The molecule has 0 aromatic heterocycles. The molecule has 26 heavy (non-hydrogen) atoms. The highest BCUT2D eigenvalue weighted by molar-refractivity contribution is 7.99. The summed E-state index contributed by atoms with van der Waals surface area (Å²) in [6, 6.07) is 16.9. The molecule has 0 bridgehead atoms. The minimum Gasteiger partial charge on any atom is -0.484 e. The van der Waals surface area contributed by atoms with Gasteiger partial charge in [0.25, 0.3) is 11.8 Å². The van der Waals surface area contributed by atoms with E-state index in [-0.39, 0.29) is 17.8 Å². The van der Waals surface area contributed by atoms with Crippen LogP contribution in [-0.4, -0.2) is 29.9 Å². The first-order valence-corrected chi connectivity index (χ1v) is 9.09. The van der Waals surface area contributed by atoms with Gasteiger partial charge in [-0.3, -0.25) is 9.59 Å². The van der Waals surface area contributed by atoms with Crippen molar-refractivity contribution in [1.82, 2.24) is 5.43 Å². The number of nitrogens with one attached hydrogen (secondary N) is 1. The molecule has 6 nitrogen and oxygen atoms in total. The van der Waals surface area contributed by atoms with Crippen LogP contribution in [0.3, 0.4) is 0 Å². The van der Waals surface area contributed by atoms with Crippen LogP contribution in [0.25, 0.3) is 0 Å². The van der Waals surface area contributed by atoms with Gasteiger partial charge in [0.05, 0.1) is 11.5 Å². The van der Waals surface area contributed by atoms with E-state index in [1.54, 1.807) is 42.2 Å². The lowest BCUT2D eigenvalue weighted by atomic mass is 10.2. The maximum Gasteiger partial charge on any atom is 0.255 e. The molecule has 0 aliphatic rings. The number of amides is 2. The van der Waals surface area contributed by atoms with Crippen molar-refractivity contribution < 1.29 is 14.3 Å². The van der Waals surface area contributed by atoms with Crippen LogP contribution in [0, 0.1) is 0 Å². The number of hydrazone groups is 1. The number of ether oxygens (including phenoxy) is 1. The fourth-order valence-electron chi connectivity index (χ4n) is 1.94. The molecule has 2 amide bonds. The van der Waals surface area contributed by atoms with Crippen LogP contribution in [0.2, 0.25) is 0 Å². The molecule has 3 N–H and O–H groups in total. The maximum atomic E-state index is 12.0. The lowest BCUT2D eigenvalue weighted by molar-refractivity contribution is -0.120. The van der Waals surface area contributed by atoms with Gasteiger partial charge in [0, 0.05) is 5.75 Å². The fourth-order valence-corrected chi connectivity index (χ4v) is 2.78. The first-order valence-electron chi connectivity index (χ1n) is 8.04. The van der Waals surface area contributed by atoms with E-state index < -0.39 is 5.91 Å². The molecule has 2 aromatic rings. The quantitative estimate of drug-likeness (QED) is 0.522. The van der Waals surface area contributed by atoms with Gasteiger partial charge in [0.2, 0.25) is 0 Å². The second kappa shape index (κ2) is 10.2. The molecule has 1 unspecified atom stereocenters. The number of nitrogens with zero attached hydrogens (tertiary/aromatic N) is 1. The van der Waals surface area contributed by atoms with E-state index in [0.717, 1.165) is 11.3 Å². The molecule has 136 valence electrons. The summed E-state index contributed by atoms with van der Waals surface area (Å²) in [5.74, 6) is 0.628. The summed E-state index contributed by atoms with van der Waals surface area (Å²) in [6.45, 7) is 1.69. The van der Waals surface area contributed by atoms with Crippen molar-refractivity contribution >= 4 is 29.8 Å². The lowest BCUT2D eigenvalue weighted by Crippen LogP contribution is -2.27. The smallest absolute Gasteiger partial charge is 0.255 e. The van der Waals surface area contributed by atoms with Crippen LogP contribution < -0.4 is 15.9 Å². The van der Waals surface area contributed by atoms with Gasteiger partial charge in [0.15, 0.2) is 6.61 Å². The largest absolute Gasteiger partial charge is 0.484 e. The van der Waals surface area contributed by atoms with E-state index in [2.05, 4.69) is 10.5 Å². The predicted octanol–water partition coefficient (Wildman–Crippen LogP) is 2.32. The van der Waals surface area contributed by atoms with Gasteiger partial charge >= 0.3 is 0 Å². The zero-order valence-corrected chi connectivity index (χ0v) is 15.2. The predicted molar refractivity (Wildman–Crippen MR) is 104 cm³/mol. The van der Waals surface area contributed by atoms with Crippen LogP contribution >= 0.6 is 11.8 Å². The molecule has 0 aliphatic heterocycles. The number of hydrogen-bond donors (Lipinski definition) is 2. The minimum atomic E-state index is -0.530. The Morgan fingerprint density at radius 3 is 2.54 bits per heavy atom. The molecule has 0 heterocycles. The Bertz CT molecular complexity index is 748. The summed E-state index contributed by atoms with van der Waals surface area (Å²) in [5, 5.41) is 3.76. The van der Waals surface area contributed by atoms with E-state index in [0.29, 0.717) is 5.75 Å². The van der Waals surface area contributed by atoms with Gasteiger partial charge in [-0.1, -0.05) is 30.3 Å². The molecular formula is C19H21N3O3S. The van der Waals surface area contributed by atoms with Gasteiger partial charge < -0.3 is 10.5 Å². The standard InChI is InChI=1S/C19H21N3O3S/c1-14(26-13-16-5-3-2-4-6-16)19(24)22-21-11-15-7-9-17(10-8-15)25-12-18(20)23/h2-11,14H,12-13H2,1H3,(H2,20,23)(H,22,24)/b21-11+. The Kier molecular flexibility index (Phi) is 7.70. The number of nitrogens with two attached hydrogens (primary N) is 1. The average molecular weight is 371 g/mol. The van der Waals surface area contributed by atoms with E-state index in [9.17, 15) is 9.59 Å². The highest BCUT2D eigenvalue weighted by Gasteiger charge is 2.12. The Morgan fingerprint density at radius 1 is 1.19 bits per heavy atom. The van der Waals surface area contributed by atoms with Gasteiger partial charge in [0.1, 0.15) is 5.75 Å². The van der Waals surface area contributed by atoms with Gasteiger partial charge in [-0.25, -0.2) is 5.43 Å². The van der Waals surface area contributed by atoms with Crippen molar-refractivity contribution in [2.45, 2.75) is 17.9 Å². The zero-order valence-electron chi connectivity index (χ0n) is 14.4. The molecular weight excluding hydrogens is 350 g/mol. The first-order chi connectivity index (χ1) is 12.5. The number of hydrogen-bond acceptors (Lipinski definition) is 5. The van der Waals surface area contributed by atoms with Gasteiger partial charge in [-0.2, -0.15) is 5.10 Å². The Hall–Kier alpha value is -2.80. The summed E-state index contributed by atoms with van der Waals surface area (Å²) >= 11 is 1.55. The Morgan fingerprint density at radius 2 is 1.88 bits per heavy atom. The van der Waals surface area contributed by atoms with Crippen molar-refractivity contribution in [2.24, 2.45) is 10.8 Å². The third-order valence-electron chi connectivity index (χ3n) is 3.36. The van der Waals surface area contributed by atoms with Gasteiger partial charge in [-0.05, 0) is 42.3 Å². The van der Waals surface area contributed by atoms with Crippen LogP contribution in [0.1, 0.15) is 18.1 Å². The van der Waals surface area contributed by atoms with Crippen LogP contribution in [0.5, 0.6) is 5.75 Å². The number of thioether (sulfide) groups is 1. The SMILES string of the molecule is CC(SCc1ccccc1)C(=O)N/N=C/c1ccc(OCC(N)=O)cc1. The number of primary amides is 1. The van der Waals surface area contributed by atoms with E-state index >= 15 is 0 Å². The van der Waals surface area contributed by atoms with Crippen molar-refractivity contribution in [3.05, 3.63) is 65.7 Å². The second-order valence-electron chi connectivity index (χ2n) is 5.50. The second-order valence-corrected chi connectivity index (χ2v) is 6.83. The Labute approximate surface area is 156 Å². The minimum absolute atomic E-state index is 0.149. The Balaban J connectivity index is 1.76. The molecule has 0 saturated carbocycles. The third kappa shape index (κ3) is 6.98. The van der Waals surface area contributed by atoms with Crippen LogP contribution in [0.4, 0.5) is 0 Å². The van der Waals surface area contributed by atoms with Crippen molar-refractivity contribution in [2.75, 3.05) is 6.61 Å². The summed E-state index contributed by atoms with van der Waals surface area (Å²) in [4.78, 5) is 22.7. The zero-order chi connectivity index (χ0) is 18.8. The average Bonchev–Trinajstić information content (AvgIpc) is 2.66. The number of carbonyl (C=O) groups excluding carboxylic acids is 2. The normalized spacial score (nSPS) is 11.9. The highest BCUT2D eigenvalue weighted by Crippen LogP contribution is 2.17. The molecule has 2 rings (SSSR count). The summed E-state index contributed by atoms with van der Waals surface area (Å²) in [6.07, 6.45) is 1.55. The third-order valence-corrected chi connectivity index (χ3v) is 4.58. The van der Waals surface area contributed by atoms with Crippen molar-refractivity contribution in [3.8, 4) is 5.75 Å². The van der Waals surface area contributed by atoms with E-state index in [1.807, 2.05) is 37.3 Å². The van der Waals surface area contributed by atoms with E-state index in [4.69, 9.17) is 10.5 Å². The van der Waals surface area contributed by atoms with Crippen molar-refractivity contribution in [1.29, 1.82) is 0 Å². The number of rotatable bonds is 9. The van der Waals surface area contributed by atoms with Crippen LogP contribution in [-0.2, 0) is 15.3 Å². The van der Waals surface area contributed by atoms with Gasteiger partial charge in [-0.15, -0.1) is 11.8 Å². The fraction of sp³-hybridized carbons (Fsp3) is 0.211. The van der Waals surface area contributed by atoms with Crippen LogP contribution in [0.15, 0.2) is 59.7 Å². The first kappa shape index (κ1) is 19.5. The summed E-state index contributed by atoms with van der Waals surface area (Å²) in [5.41, 5.74) is 9.53. The highest BCUT2D eigenvalue weighted by atomic mass is 32.2. The molecule has 7 heteroatoms. The summed E-state index contributed by atoms with van der Waals surface area (Å²) in [7, 11) is 0. The molecule has 0 radical (unpaired) electrons. The molecule has 0 fully saturated rings. The van der Waals surface area contributed by atoms with Crippen molar-refractivity contribution in [3.63, 3.8) is 0 Å². The van der Waals surface area contributed by atoms with E-state index in [1.165, 1.54) is 5.56 Å². The molecule has 0 saturated heterocycles. The number of carbonyl (C=O) groups is 2. The lowest BCUT2D eigenvalue weighted by Gasteiger charge is -2.09. The number of benzene rings is 2. The molecule has 0 aliphatic carbocycles. The molecule has 0 spiro atoms. The molecule has 1 atom stereocenters. The summed E-state index contributed by atoms with van der Waals surface area (Å²) < 4.78 is 5.17. The topological polar surface area (TPSA) is 93.8 Å². The monoisotopic (exact) mass is 371 g/mol.